The van der Waals surface area contributed by atoms with Gasteiger partial charge in [0, 0.05) is 63.2 Å². The molecule has 3 aromatic heterocycles. The van der Waals surface area contributed by atoms with Gasteiger partial charge in [0.2, 0.25) is 0 Å². The number of halogens is 2. The lowest BCUT2D eigenvalue weighted by molar-refractivity contribution is -0.110. The summed E-state index contributed by atoms with van der Waals surface area (Å²) in [6, 6.07) is 28.3. The van der Waals surface area contributed by atoms with E-state index >= 15 is 8.78 Å². The van der Waals surface area contributed by atoms with Crippen molar-refractivity contribution in [2.24, 2.45) is 22.2 Å². The number of rotatable bonds is 11. The highest BCUT2D eigenvalue weighted by atomic mass is 32.1. The van der Waals surface area contributed by atoms with Crippen molar-refractivity contribution < 1.29 is 19.0 Å². The SMILES string of the molecule is C=C(C)CC(C)(CC)CCc1cc(F)cc(-c2sc3ccccc3c2-c2cccc(-c3c(-c4cc(F)cc(C56CC7CC(C)(CC(C)(C7)C5)C6)c4O)sc4ccccc34)n2)c1O. The highest BCUT2D eigenvalue weighted by molar-refractivity contribution is 7.23. The number of hydrogen-bond donors (Lipinski definition) is 2. The summed E-state index contributed by atoms with van der Waals surface area (Å²) in [5.41, 5.74) is 6.56. The second-order valence-corrected chi connectivity index (χ2v) is 22.6. The molecular weight excluding hydrogens is 809 g/mol. The van der Waals surface area contributed by atoms with Gasteiger partial charge in [0.1, 0.15) is 23.1 Å². The molecule has 0 amide bonds. The molecule has 4 aliphatic carbocycles. The molecule has 3 unspecified atom stereocenters. The zero-order valence-electron chi connectivity index (χ0n) is 36.4. The molecule has 62 heavy (non-hydrogen) atoms. The predicted octanol–water partition coefficient (Wildman–Crippen LogP) is 16.4. The van der Waals surface area contributed by atoms with Crippen LogP contribution in [0.15, 0.2) is 103 Å². The van der Waals surface area contributed by atoms with Crippen molar-refractivity contribution in [1.82, 2.24) is 4.98 Å². The van der Waals surface area contributed by atoms with Gasteiger partial charge in [-0.15, -0.1) is 29.3 Å². The fourth-order valence-electron chi connectivity index (χ4n) is 13.2. The van der Waals surface area contributed by atoms with Gasteiger partial charge in [-0.3, -0.25) is 0 Å². The molecule has 3 atom stereocenters. The molecule has 0 spiro atoms. The molecule has 0 saturated heterocycles. The molecule has 3 heterocycles. The zero-order valence-corrected chi connectivity index (χ0v) is 38.1. The average molecular weight is 864 g/mol. The minimum absolute atomic E-state index is 0.0159. The summed E-state index contributed by atoms with van der Waals surface area (Å²) in [5, 5.41) is 26.5. The lowest BCUT2D eigenvalue weighted by Gasteiger charge is -2.65. The maximum Gasteiger partial charge on any atom is 0.128 e. The number of phenolic OH excluding ortho intramolecular Hbond substituents is 2. The van der Waals surface area contributed by atoms with Crippen LogP contribution >= 0.6 is 22.7 Å². The van der Waals surface area contributed by atoms with Crippen LogP contribution in [0.3, 0.4) is 0 Å². The Hall–Kier alpha value is -4.85. The third-order valence-corrected chi connectivity index (χ3v) is 17.4. The van der Waals surface area contributed by atoms with Crippen molar-refractivity contribution in [2.45, 2.75) is 104 Å². The minimum Gasteiger partial charge on any atom is -0.507 e. The van der Waals surface area contributed by atoms with Gasteiger partial charge < -0.3 is 10.2 Å². The second-order valence-electron chi connectivity index (χ2n) is 20.5. The van der Waals surface area contributed by atoms with Gasteiger partial charge in [0.05, 0.1) is 11.4 Å². The van der Waals surface area contributed by atoms with Gasteiger partial charge in [-0.2, -0.15) is 0 Å². The molecule has 0 radical (unpaired) electrons. The summed E-state index contributed by atoms with van der Waals surface area (Å²) in [7, 11) is 0. The molecule has 4 bridgehead atoms. The third-order valence-electron chi connectivity index (χ3n) is 14.9. The van der Waals surface area contributed by atoms with Crippen LogP contribution < -0.4 is 0 Å². The summed E-state index contributed by atoms with van der Waals surface area (Å²) in [4.78, 5) is 6.94. The highest BCUT2D eigenvalue weighted by Crippen LogP contribution is 2.71. The molecule has 318 valence electrons. The predicted molar refractivity (Wildman–Crippen MR) is 255 cm³/mol. The fourth-order valence-corrected chi connectivity index (χ4v) is 15.6. The monoisotopic (exact) mass is 863 g/mol. The van der Waals surface area contributed by atoms with E-state index in [4.69, 9.17) is 4.98 Å². The topological polar surface area (TPSA) is 53.4 Å². The van der Waals surface area contributed by atoms with Gasteiger partial charge >= 0.3 is 0 Å². The second kappa shape index (κ2) is 14.9. The summed E-state index contributed by atoms with van der Waals surface area (Å²) in [5.74, 6) is 0.141. The Bertz CT molecular complexity index is 2920. The van der Waals surface area contributed by atoms with E-state index in [0.717, 1.165) is 90.7 Å². The maximum atomic E-state index is 16.3. The van der Waals surface area contributed by atoms with Gasteiger partial charge in [-0.1, -0.05) is 82.2 Å². The Morgan fingerprint density at radius 2 is 1.31 bits per heavy atom. The van der Waals surface area contributed by atoms with E-state index in [1.165, 1.54) is 48.8 Å². The van der Waals surface area contributed by atoms with E-state index in [1.54, 1.807) is 17.4 Å². The number of benzene rings is 4. The summed E-state index contributed by atoms with van der Waals surface area (Å²) in [6.45, 7) is 15.4. The van der Waals surface area contributed by atoms with Crippen LogP contribution in [0.2, 0.25) is 0 Å². The molecule has 7 heteroatoms. The molecule has 0 aliphatic heterocycles. The number of aromatic hydroxyl groups is 2. The quantitative estimate of drug-likeness (QED) is 0.127. The van der Waals surface area contributed by atoms with Gasteiger partial charge in [0.25, 0.3) is 0 Å². The largest absolute Gasteiger partial charge is 0.507 e. The number of hydrogen-bond acceptors (Lipinski definition) is 5. The van der Waals surface area contributed by atoms with Gasteiger partial charge in [-0.25, -0.2) is 13.8 Å². The van der Waals surface area contributed by atoms with E-state index in [-0.39, 0.29) is 39.0 Å². The van der Waals surface area contributed by atoms with Crippen LogP contribution in [-0.4, -0.2) is 15.2 Å². The summed E-state index contributed by atoms with van der Waals surface area (Å²) >= 11 is 3.08. The lowest BCUT2D eigenvalue weighted by atomic mass is 9.39. The van der Waals surface area contributed by atoms with Crippen LogP contribution in [0.5, 0.6) is 11.5 Å². The number of fused-ring (bicyclic) bond motifs is 2. The van der Waals surface area contributed by atoms with Crippen LogP contribution in [0.25, 0.3) is 63.6 Å². The molecule has 2 N–H and O–H groups in total. The normalized spacial score (nSPS) is 24.0. The Labute approximate surface area is 372 Å². The molecule has 4 saturated carbocycles. The van der Waals surface area contributed by atoms with E-state index in [0.29, 0.717) is 40.4 Å². The maximum absolute atomic E-state index is 16.3. The Morgan fingerprint density at radius 1 is 0.758 bits per heavy atom. The Morgan fingerprint density at radius 3 is 1.85 bits per heavy atom. The standard InChI is InChI=1S/C55H55F2NO2S2/c1-7-52(4,25-32(2)3)20-19-34-21-35(56)22-39(48(34)59)50-46(37-13-8-10-17-44(37)61-50)42-15-12-16-43(58-42)47-38-14-9-11-18-45(38)62-51(47)40-23-36(57)24-41(49(40)60)55-28-33-26-53(5,30-55)29-54(6,27-33)31-55/h8-18,21-24,33,59-60H,2,7,19-20,25-31H2,1,3-6H3. The number of aromatic nitrogens is 1. The molecule has 4 fully saturated rings. The lowest BCUT2D eigenvalue weighted by Crippen LogP contribution is -2.56. The van der Waals surface area contributed by atoms with Crippen molar-refractivity contribution in [3.8, 4) is 54.9 Å². The summed E-state index contributed by atoms with van der Waals surface area (Å²) in [6.07, 6.45) is 9.69. The van der Waals surface area contributed by atoms with Gasteiger partial charge in [0.15, 0.2) is 0 Å². The molecule has 4 aliphatic rings. The van der Waals surface area contributed by atoms with E-state index in [9.17, 15) is 10.2 Å². The molecule has 7 aromatic rings. The van der Waals surface area contributed by atoms with Crippen LogP contribution in [0.1, 0.15) is 104 Å². The van der Waals surface area contributed by atoms with E-state index in [2.05, 4.69) is 58.5 Å². The average Bonchev–Trinajstić information content (AvgIpc) is 3.79. The number of pyridine rings is 1. The first-order valence-corrected chi connectivity index (χ1v) is 23.9. The fraction of sp³-hybridized carbons (Fsp3) is 0.364. The van der Waals surface area contributed by atoms with E-state index in [1.807, 2.05) is 49.4 Å². The smallest absolute Gasteiger partial charge is 0.128 e. The number of aryl methyl sites for hydroxylation is 1. The highest BCUT2D eigenvalue weighted by Gasteiger charge is 2.61. The first-order valence-electron chi connectivity index (χ1n) is 22.3. The number of allylic oxidation sites excluding steroid dienone is 1. The summed E-state index contributed by atoms with van der Waals surface area (Å²) < 4.78 is 34.0. The van der Waals surface area contributed by atoms with Gasteiger partial charge in [-0.05, 0) is 141 Å². The number of phenols is 2. The molecule has 3 nitrogen and oxygen atoms in total. The van der Waals surface area contributed by atoms with Crippen LogP contribution in [-0.2, 0) is 11.8 Å². The molecule has 4 aromatic carbocycles. The third kappa shape index (κ3) is 6.99. The Balaban J connectivity index is 1.11. The van der Waals surface area contributed by atoms with E-state index < -0.39 is 5.82 Å². The Kier molecular flexibility index (Phi) is 9.88. The van der Waals surface area contributed by atoms with Crippen LogP contribution in [0.4, 0.5) is 8.78 Å². The van der Waals surface area contributed by atoms with Crippen molar-refractivity contribution in [3.63, 3.8) is 0 Å². The molecule has 11 rings (SSSR count). The first-order chi connectivity index (χ1) is 29.6. The van der Waals surface area contributed by atoms with Crippen molar-refractivity contribution in [2.75, 3.05) is 0 Å². The van der Waals surface area contributed by atoms with Crippen LogP contribution in [0, 0.1) is 33.8 Å². The van der Waals surface area contributed by atoms with Crippen molar-refractivity contribution in [1.29, 1.82) is 0 Å². The van der Waals surface area contributed by atoms with Crippen molar-refractivity contribution in [3.05, 3.63) is 126 Å². The number of thiophene rings is 2. The first kappa shape index (κ1) is 41.2. The zero-order chi connectivity index (χ0) is 43.3. The van der Waals surface area contributed by atoms with Crippen molar-refractivity contribution >= 4 is 42.8 Å². The minimum atomic E-state index is -0.392. The number of nitrogens with zero attached hydrogens (tertiary/aromatic N) is 1. The molecular formula is C55H55F2NO2S2.